The van der Waals surface area contributed by atoms with E-state index in [1.165, 1.54) is 20.3 Å². The van der Waals surface area contributed by atoms with Crippen molar-refractivity contribution in [2.75, 3.05) is 14.2 Å². The van der Waals surface area contributed by atoms with Gasteiger partial charge in [0.1, 0.15) is 10.8 Å². The predicted octanol–water partition coefficient (Wildman–Crippen LogP) is 2.72. The van der Waals surface area contributed by atoms with Gasteiger partial charge in [0.15, 0.2) is 11.5 Å². The third-order valence-corrected chi connectivity index (χ3v) is 3.23. The minimum atomic E-state index is -1.03. The Labute approximate surface area is 116 Å². The lowest BCUT2D eigenvalue weighted by Gasteiger charge is -2.21. The Hall–Kier alpha value is -1.62. The molecule has 106 valence electrons. The van der Waals surface area contributed by atoms with Gasteiger partial charge in [0, 0.05) is 5.56 Å². The Morgan fingerprint density at radius 3 is 2.37 bits per heavy atom. The smallest absolute Gasteiger partial charge is 0.309 e. The number of phenolic OH excluding ortho intramolecular Hbond substituents is 1. The molecule has 0 spiro atoms. The van der Waals surface area contributed by atoms with Crippen LogP contribution in [0.15, 0.2) is 6.07 Å². The fourth-order valence-electron chi connectivity index (χ4n) is 1.68. The first-order chi connectivity index (χ1) is 8.74. The monoisotopic (exact) mass is 288 g/mol. The third-order valence-electron chi connectivity index (χ3n) is 2.88. The van der Waals surface area contributed by atoms with Gasteiger partial charge in [0.25, 0.3) is 0 Å². The van der Waals surface area contributed by atoms with Crippen LogP contribution in [-0.4, -0.2) is 30.4 Å². The van der Waals surface area contributed by atoms with Crippen molar-refractivity contribution in [3.05, 3.63) is 16.7 Å². The zero-order valence-corrected chi connectivity index (χ0v) is 12.0. The highest BCUT2D eigenvalue weighted by atomic mass is 35.5. The van der Waals surface area contributed by atoms with Gasteiger partial charge in [-0.15, -0.1) is 0 Å². The first-order valence-corrected chi connectivity index (χ1v) is 5.98. The van der Waals surface area contributed by atoms with Gasteiger partial charge in [-0.2, -0.15) is 0 Å². The van der Waals surface area contributed by atoms with Crippen molar-refractivity contribution in [1.82, 2.24) is 0 Å². The molecule has 1 aromatic rings. The number of ether oxygens (including phenoxy) is 2. The first kappa shape index (κ1) is 15.4. The molecule has 0 amide bonds. The van der Waals surface area contributed by atoms with Gasteiger partial charge in [-0.3, -0.25) is 4.79 Å². The van der Waals surface area contributed by atoms with Crippen LogP contribution in [-0.2, 0) is 11.2 Å². The van der Waals surface area contributed by atoms with Gasteiger partial charge in [0.2, 0.25) is 0 Å². The van der Waals surface area contributed by atoms with E-state index in [9.17, 15) is 9.90 Å². The largest absolute Gasteiger partial charge is 0.506 e. The average molecular weight is 289 g/mol. The summed E-state index contributed by atoms with van der Waals surface area (Å²) in [7, 11) is 2.85. The number of hydrogen-bond acceptors (Lipinski definition) is 4. The van der Waals surface area contributed by atoms with Crippen molar-refractivity contribution in [1.29, 1.82) is 0 Å². The Balaban J connectivity index is 3.31. The molecule has 0 unspecified atom stereocenters. The van der Waals surface area contributed by atoms with Crippen LogP contribution in [0.25, 0.3) is 0 Å². The third kappa shape index (κ3) is 3.04. The molecule has 1 aromatic carbocycles. The Kier molecular flexibility index (Phi) is 4.52. The SMILES string of the molecule is COc1cc(CC(C)(C)C(=O)O)c(O)c(Cl)c1OC. The van der Waals surface area contributed by atoms with Gasteiger partial charge in [-0.05, 0) is 26.3 Å². The molecule has 0 atom stereocenters. The lowest BCUT2D eigenvalue weighted by molar-refractivity contribution is -0.146. The molecular formula is C13H17ClO5. The molecule has 19 heavy (non-hydrogen) atoms. The summed E-state index contributed by atoms with van der Waals surface area (Å²) < 4.78 is 10.2. The number of methoxy groups -OCH3 is 2. The van der Waals surface area contributed by atoms with E-state index in [-0.39, 0.29) is 22.9 Å². The van der Waals surface area contributed by atoms with Crippen molar-refractivity contribution in [2.45, 2.75) is 20.3 Å². The summed E-state index contributed by atoms with van der Waals surface area (Å²) in [5.74, 6) is -0.577. The van der Waals surface area contributed by atoms with E-state index in [1.54, 1.807) is 13.8 Å². The fourth-order valence-corrected chi connectivity index (χ4v) is 1.97. The first-order valence-electron chi connectivity index (χ1n) is 5.60. The summed E-state index contributed by atoms with van der Waals surface area (Å²) in [5, 5.41) is 19.1. The second-order valence-corrected chi connectivity index (χ2v) is 5.18. The molecule has 0 aromatic heterocycles. The lowest BCUT2D eigenvalue weighted by Crippen LogP contribution is -2.26. The van der Waals surface area contributed by atoms with E-state index < -0.39 is 11.4 Å². The molecular weight excluding hydrogens is 272 g/mol. The van der Waals surface area contributed by atoms with E-state index in [2.05, 4.69) is 0 Å². The van der Waals surface area contributed by atoms with Crippen molar-refractivity contribution >= 4 is 17.6 Å². The summed E-state index contributed by atoms with van der Waals surface area (Å²) in [6, 6.07) is 1.53. The van der Waals surface area contributed by atoms with Crippen LogP contribution in [0.3, 0.4) is 0 Å². The highest BCUT2D eigenvalue weighted by molar-refractivity contribution is 6.33. The Bertz CT molecular complexity index is 496. The number of carbonyl (C=O) groups is 1. The van der Waals surface area contributed by atoms with Gasteiger partial charge >= 0.3 is 5.97 Å². The summed E-state index contributed by atoms with van der Waals surface area (Å²) in [4.78, 5) is 11.1. The second kappa shape index (κ2) is 5.57. The topological polar surface area (TPSA) is 76.0 Å². The number of halogens is 1. The van der Waals surface area contributed by atoms with E-state index >= 15 is 0 Å². The zero-order valence-electron chi connectivity index (χ0n) is 11.3. The molecule has 2 N–H and O–H groups in total. The quantitative estimate of drug-likeness (QED) is 0.871. The summed E-state index contributed by atoms with van der Waals surface area (Å²) in [5.41, 5.74) is -0.629. The number of carboxylic acids is 1. The van der Waals surface area contributed by atoms with Crippen molar-refractivity contribution in [2.24, 2.45) is 5.41 Å². The Morgan fingerprint density at radius 1 is 1.37 bits per heavy atom. The van der Waals surface area contributed by atoms with Crippen molar-refractivity contribution < 1.29 is 24.5 Å². The standard InChI is InChI=1S/C13H17ClO5/c1-13(2,12(16)17)6-7-5-8(18-3)11(19-4)9(14)10(7)15/h5,15H,6H2,1-4H3,(H,16,17). The molecule has 0 radical (unpaired) electrons. The minimum Gasteiger partial charge on any atom is -0.506 e. The highest BCUT2D eigenvalue weighted by Crippen LogP contribution is 2.44. The maximum Gasteiger partial charge on any atom is 0.309 e. The number of aliphatic carboxylic acids is 1. The fraction of sp³-hybridized carbons (Fsp3) is 0.462. The second-order valence-electron chi connectivity index (χ2n) is 4.80. The van der Waals surface area contributed by atoms with Gasteiger partial charge < -0.3 is 19.7 Å². The average Bonchev–Trinajstić information content (AvgIpc) is 2.34. The van der Waals surface area contributed by atoms with Gasteiger partial charge in [-0.1, -0.05) is 11.6 Å². The summed E-state index contributed by atoms with van der Waals surface area (Å²) in [6.07, 6.45) is 0.119. The van der Waals surface area contributed by atoms with Crippen LogP contribution >= 0.6 is 11.6 Å². The number of phenols is 1. The number of aromatic hydroxyl groups is 1. The zero-order chi connectivity index (χ0) is 14.8. The molecule has 6 heteroatoms. The molecule has 0 saturated carbocycles. The number of hydrogen-bond donors (Lipinski definition) is 2. The number of benzene rings is 1. The molecule has 5 nitrogen and oxygen atoms in total. The molecule has 0 aliphatic rings. The van der Waals surface area contributed by atoms with E-state index in [4.69, 9.17) is 26.2 Å². The normalized spacial score (nSPS) is 11.2. The number of rotatable bonds is 5. The van der Waals surface area contributed by atoms with Crippen LogP contribution < -0.4 is 9.47 Å². The molecule has 0 fully saturated rings. The van der Waals surface area contributed by atoms with E-state index in [0.29, 0.717) is 11.3 Å². The number of carboxylic acid groups (broad SMARTS) is 1. The maximum atomic E-state index is 11.1. The molecule has 0 saturated heterocycles. The minimum absolute atomic E-state index is 0.0121. The molecule has 0 aliphatic heterocycles. The van der Waals surface area contributed by atoms with Crippen molar-refractivity contribution in [3.63, 3.8) is 0 Å². The van der Waals surface area contributed by atoms with E-state index in [0.717, 1.165) is 0 Å². The molecule has 0 aliphatic carbocycles. The van der Waals surface area contributed by atoms with Crippen molar-refractivity contribution in [3.8, 4) is 17.2 Å². The van der Waals surface area contributed by atoms with Gasteiger partial charge in [0.05, 0.1) is 19.6 Å². The van der Waals surface area contributed by atoms with Crippen LogP contribution in [0.2, 0.25) is 5.02 Å². The van der Waals surface area contributed by atoms with E-state index in [1.807, 2.05) is 0 Å². The van der Waals surface area contributed by atoms with Crippen LogP contribution in [0.5, 0.6) is 17.2 Å². The highest BCUT2D eigenvalue weighted by Gasteiger charge is 2.30. The predicted molar refractivity (Wildman–Crippen MR) is 71.3 cm³/mol. The van der Waals surface area contributed by atoms with Crippen LogP contribution in [0, 0.1) is 5.41 Å². The van der Waals surface area contributed by atoms with Crippen LogP contribution in [0.1, 0.15) is 19.4 Å². The Morgan fingerprint density at radius 2 is 1.95 bits per heavy atom. The molecule has 0 heterocycles. The summed E-state index contributed by atoms with van der Waals surface area (Å²) in [6.45, 7) is 3.14. The lowest BCUT2D eigenvalue weighted by atomic mass is 9.85. The molecule has 0 bridgehead atoms. The summed E-state index contributed by atoms with van der Waals surface area (Å²) >= 11 is 5.99. The molecule has 1 rings (SSSR count). The maximum absolute atomic E-state index is 11.1. The van der Waals surface area contributed by atoms with Gasteiger partial charge in [-0.25, -0.2) is 0 Å². The van der Waals surface area contributed by atoms with Crippen LogP contribution in [0.4, 0.5) is 0 Å².